The van der Waals surface area contributed by atoms with Crippen molar-refractivity contribution in [2.45, 2.75) is 11.8 Å². The Morgan fingerprint density at radius 1 is 0.885 bits per heavy atom. The van der Waals surface area contributed by atoms with Gasteiger partial charge < -0.3 is 0 Å². The van der Waals surface area contributed by atoms with Gasteiger partial charge in [0.05, 0.1) is 4.90 Å². The molecule has 0 N–H and O–H groups in total. The van der Waals surface area contributed by atoms with Gasteiger partial charge in [-0.15, -0.1) is 0 Å². The average molecular weight is 364 g/mol. The number of nitrogens with zero attached hydrogens (tertiary/aromatic N) is 4. The molecule has 0 unspecified atom stereocenters. The van der Waals surface area contributed by atoms with Crippen LogP contribution in [0.1, 0.15) is 5.56 Å². The molecule has 6 nitrogen and oxygen atoms in total. The van der Waals surface area contributed by atoms with Gasteiger partial charge in [-0.05, 0) is 43.3 Å². The summed E-state index contributed by atoms with van der Waals surface area (Å²) in [4.78, 5) is 13.6. The lowest BCUT2D eigenvalue weighted by molar-refractivity contribution is 0.602. The zero-order valence-corrected chi connectivity index (χ0v) is 15.1. The normalized spacial score (nSPS) is 11.8. The summed E-state index contributed by atoms with van der Waals surface area (Å²) in [5, 5.41) is 0. The molecule has 0 aliphatic carbocycles. The Bertz CT molecular complexity index is 1190. The van der Waals surface area contributed by atoms with Crippen molar-refractivity contribution in [2.24, 2.45) is 0 Å². The Morgan fingerprint density at radius 2 is 1.54 bits per heavy atom. The highest BCUT2D eigenvalue weighted by Gasteiger charge is 2.16. The Morgan fingerprint density at radius 3 is 2.19 bits per heavy atom. The second-order valence-electron chi connectivity index (χ2n) is 6.11. The third kappa shape index (κ3) is 2.86. The fraction of sp³-hybridized carbons (Fsp3) is 0.105. The van der Waals surface area contributed by atoms with Crippen LogP contribution in [-0.4, -0.2) is 34.2 Å². The number of sulfone groups is 1. The molecule has 2 aromatic heterocycles. The van der Waals surface area contributed by atoms with Crippen LogP contribution in [0.2, 0.25) is 0 Å². The van der Waals surface area contributed by atoms with Gasteiger partial charge in [0, 0.05) is 29.9 Å². The van der Waals surface area contributed by atoms with E-state index in [-0.39, 0.29) is 4.90 Å². The van der Waals surface area contributed by atoms with E-state index in [1.54, 1.807) is 36.7 Å². The van der Waals surface area contributed by atoms with Crippen molar-refractivity contribution in [3.8, 4) is 17.1 Å². The van der Waals surface area contributed by atoms with Crippen LogP contribution in [0, 0.1) is 6.92 Å². The molecular weight excluding hydrogens is 348 g/mol. The average Bonchev–Trinajstić information content (AvgIpc) is 3.01. The molecule has 2 aromatic carbocycles. The van der Waals surface area contributed by atoms with Crippen molar-refractivity contribution >= 4 is 21.1 Å². The number of imidazole rings is 1. The van der Waals surface area contributed by atoms with Crippen LogP contribution in [0.15, 0.2) is 65.8 Å². The SMILES string of the molecule is Cc1ccc(-n2c(-c3ccc(S(C)(=O)=O)cc3)nc3nccnc32)cc1. The molecule has 0 fully saturated rings. The van der Waals surface area contributed by atoms with E-state index in [1.165, 1.54) is 6.26 Å². The molecule has 0 bridgehead atoms. The van der Waals surface area contributed by atoms with Crippen molar-refractivity contribution in [3.05, 3.63) is 66.5 Å². The second-order valence-corrected chi connectivity index (χ2v) is 8.12. The number of aromatic nitrogens is 4. The van der Waals surface area contributed by atoms with E-state index < -0.39 is 9.84 Å². The minimum Gasteiger partial charge on any atom is -0.275 e. The first kappa shape index (κ1) is 16.4. The topological polar surface area (TPSA) is 77.7 Å². The van der Waals surface area contributed by atoms with Crippen molar-refractivity contribution < 1.29 is 8.42 Å². The van der Waals surface area contributed by atoms with Crippen LogP contribution in [0.3, 0.4) is 0 Å². The molecule has 0 atom stereocenters. The van der Waals surface area contributed by atoms with Crippen LogP contribution in [0.4, 0.5) is 0 Å². The first-order chi connectivity index (χ1) is 12.4. The fourth-order valence-corrected chi connectivity index (χ4v) is 3.42. The Labute approximate surface area is 151 Å². The Balaban J connectivity index is 1.95. The lowest BCUT2D eigenvalue weighted by Crippen LogP contribution is -2.00. The highest BCUT2D eigenvalue weighted by molar-refractivity contribution is 7.90. The maximum absolute atomic E-state index is 11.7. The van der Waals surface area contributed by atoms with E-state index in [2.05, 4.69) is 15.0 Å². The molecule has 0 saturated heterocycles. The molecule has 26 heavy (non-hydrogen) atoms. The summed E-state index contributed by atoms with van der Waals surface area (Å²) in [5.41, 5.74) is 4.05. The highest BCUT2D eigenvalue weighted by Crippen LogP contribution is 2.27. The van der Waals surface area contributed by atoms with Crippen LogP contribution in [-0.2, 0) is 9.84 Å². The van der Waals surface area contributed by atoms with Gasteiger partial charge in [-0.25, -0.2) is 23.4 Å². The molecule has 7 heteroatoms. The van der Waals surface area contributed by atoms with E-state index >= 15 is 0 Å². The minimum atomic E-state index is -3.25. The second kappa shape index (κ2) is 6.03. The molecular formula is C19H16N4O2S. The zero-order chi connectivity index (χ0) is 18.3. The van der Waals surface area contributed by atoms with Gasteiger partial charge in [0.2, 0.25) is 0 Å². The monoisotopic (exact) mass is 364 g/mol. The van der Waals surface area contributed by atoms with E-state index in [0.29, 0.717) is 17.1 Å². The Kier molecular flexibility index (Phi) is 3.81. The summed E-state index contributed by atoms with van der Waals surface area (Å²) in [6.07, 6.45) is 4.42. The quantitative estimate of drug-likeness (QED) is 0.558. The minimum absolute atomic E-state index is 0.274. The van der Waals surface area contributed by atoms with Gasteiger partial charge in [0.15, 0.2) is 21.1 Å². The third-order valence-corrected chi connectivity index (χ3v) is 5.26. The van der Waals surface area contributed by atoms with Gasteiger partial charge in [0.1, 0.15) is 5.82 Å². The predicted molar refractivity (Wildman–Crippen MR) is 99.9 cm³/mol. The highest BCUT2D eigenvalue weighted by atomic mass is 32.2. The van der Waals surface area contributed by atoms with Crippen LogP contribution in [0.5, 0.6) is 0 Å². The lowest BCUT2D eigenvalue weighted by Gasteiger charge is -2.09. The predicted octanol–water partition coefficient (Wildman–Crippen LogP) is 3.19. The summed E-state index contributed by atoms with van der Waals surface area (Å²) in [7, 11) is -3.25. The molecule has 0 amide bonds. The molecule has 0 spiro atoms. The number of rotatable bonds is 3. The molecule has 4 rings (SSSR count). The fourth-order valence-electron chi connectivity index (χ4n) is 2.79. The van der Waals surface area contributed by atoms with Gasteiger partial charge in [0.25, 0.3) is 0 Å². The van der Waals surface area contributed by atoms with Crippen molar-refractivity contribution in [3.63, 3.8) is 0 Å². The van der Waals surface area contributed by atoms with E-state index in [1.807, 2.05) is 35.8 Å². The summed E-state index contributed by atoms with van der Waals surface area (Å²) < 4.78 is 25.3. The molecule has 0 aliphatic rings. The van der Waals surface area contributed by atoms with Crippen molar-refractivity contribution in [1.82, 2.24) is 19.5 Å². The zero-order valence-electron chi connectivity index (χ0n) is 14.3. The number of hydrogen-bond acceptors (Lipinski definition) is 5. The van der Waals surface area contributed by atoms with Crippen molar-refractivity contribution in [2.75, 3.05) is 6.26 Å². The maximum Gasteiger partial charge on any atom is 0.198 e. The summed E-state index contributed by atoms with van der Waals surface area (Å²) in [6, 6.07) is 14.7. The van der Waals surface area contributed by atoms with E-state index in [9.17, 15) is 8.42 Å². The van der Waals surface area contributed by atoms with Gasteiger partial charge >= 0.3 is 0 Å². The first-order valence-corrected chi connectivity index (χ1v) is 9.89. The largest absolute Gasteiger partial charge is 0.275 e. The third-order valence-electron chi connectivity index (χ3n) is 4.13. The molecule has 2 heterocycles. The molecule has 0 radical (unpaired) electrons. The molecule has 0 aliphatic heterocycles. The number of hydrogen-bond donors (Lipinski definition) is 0. The van der Waals surface area contributed by atoms with Crippen LogP contribution >= 0.6 is 0 Å². The Hall–Kier alpha value is -3.06. The first-order valence-electron chi connectivity index (χ1n) is 8.00. The molecule has 130 valence electrons. The van der Waals surface area contributed by atoms with Gasteiger partial charge in [-0.2, -0.15) is 0 Å². The van der Waals surface area contributed by atoms with Gasteiger partial charge in [-0.3, -0.25) is 4.57 Å². The van der Waals surface area contributed by atoms with E-state index in [4.69, 9.17) is 0 Å². The molecule has 4 aromatic rings. The lowest BCUT2D eigenvalue weighted by atomic mass is 10.2. The molecule has 0 saturated carbocycles. The maximum atomic E-state index is 11.7. The summed E-state index contributed by atoms with van der Waals surface area (Å²) in [6.45, 7) is 2.03. The summed E-state index contributed by atoms with van der Waals surface area (Å²) >= 11 is 0. The summed E-state index contributed by atoms with van der Waals surface area (Å²) in [5.74, 6) is 0.662. The van der Waals surface area contributed by atoms with Crippen LogP contribution in [0.25, 0.3) is 28.4 Å². The van der Waals surface area contributed by atoms with Crippen molar-refractivity contribution in [1.29, 1.82) is 0 Å². The van der Waals surface area contributed by atoms with Gasteiger partial charge in [-0.1, -0.05) is 17.7 Å². The standard InChI is InChI=1S/C19H16N4O2S/c1-13-3-7-15(8-4-13)23-18(22-17-19(23)21-12-11-20-17)14-5-9-16(10-6-14)26(2,24)25/h3-12H,1-2H3. The number of aryl methyl sites for hydroxylation is 1. The van der Waals surface area contributed by atoms with Crippen LogP contribution < -0.4 is 0 Å². The number of fused-ring (bicyclic) bond motifs is 1. The van der Waals surface area contributed by atoms with E-state index in [0.717, 1.165) is 16.8 Å². The number of benzene rings is 2. The smallest absolute Gasteiger partial charge is 0.198 e.